The van der Waals surface area contributed by atoms with Crippen molar-refractivity contribution >= 4 is 0 Å². The highest BCUT2D eigenvalue weighted by molar-refractivity contribution is 5.55. The number of methoxy groups -OCH3 is 2. The van der Waals surface area contributed by atoms with Crippen LogP contribution < -0.4 is 9.47 Å². The first-order valence-corrected chi connectivity index (χ1v) is 6.19. The number of ether oxygens (including phenoxy) is 2. The largest absolute Gasteiger partial charge is 0.496 e. The van der Waals surface area contributed by atoms with Crippen molar-refractivity contribution in [1.29, 1.82) is 0 Å². The minimum atomic E-state index is 0.451. The lowest BCUT2D eigenvalue weighted by atomic mass is 9.91. The van der Waals surface area contributed by atoms with Crippen LogP contribution in [0.4, 0.5) is 0 Å². The van der Waals surface area contributed by atoms with E-state index < -0.39 is 0 Å². The van der Waals surface area contributed by atoms with Crippen molar-refractivity contribution in [3.05, 3.63) is 22.8 Å². The van der Waals surface area contributed by atoms with E-state index in [0.717, 1.165) is 17.1 Å². The van der Waals surface area contributed by atoms with Crippen LogP contribution in [-0.2, 0) is 0 Å². The molecule has 1 aromatic carbocycles. The summed E-state index contributed by atoms with van der Waals surface area (Å²) in [6.45, 7) is 10.8. The van der Waals surface area contributed by atoms with Gasteiger partial charge in [0.25, 0.3) is 0 Å². The maximum absolute atomic E-state index is 5.53. The SMILES string of the molecule is COc1c(C(C)C)cc(C(C)C)c(OC)c1C. The maximum Gasteiger partial charge on any atom is 0.128 e. The van der Waals surface area contributed by atoms with Crippen molar-refractivity contribution < 1.29 is 9.47 Å². The van der Waals surface area contributed by atoms with Crippen molar-refractivity contribution in [2.75, 3.05) is 14.2 Å². The number of hydrogen-bond acceptors (Lipinski definition) is 2. The van der Waals surface area contributed by atoms with Crippen LogP contribution in [0.5, 0.6) is 11.5 Å². The zero-order chi connectivity index (χ0) is 13.2. The average molecular weight is 236 g/mol. The van der Waals surface area contributed by atoms with E-state index in [0.29, 0.717) is 11.8 Å². The molecule has 0 aliphatic heterocycles. The standard InChI is InChI=1S/C15H24O2/c1-9(2)12-8-13(10(3)4)15(17-7)11(5)14(12)16-6/h8-10H,1-7H3. The second-order valence-corrected chi connectivity index (χ2v) is 5.06. The van der Waals surface area contributed by atoms with Gasteiger partial charge in [-0.25, -0.2) is 0 Å². The molecule has 96 valence electrons. The van der Waals surface area contributed by atoms with E-state index >= 15 is 0 Å². The zero-order valence-corrected chi connectivity index (χ0v) is 12.0. The molecule has 0 spiro atoms. The normalized spacial score (nSPS) is 11.1. The quantitative estimate of drug-likeness (QED) is 0.777. The van der Waals surface area contributed by atoms with E-state index in [1.165, 1.54) is 11.1 Å². The van der Waals surface area contributed by atoms with Crippen LogP contribution in [0, 0.1) is 6.92 Å². The molecule has 0 atom stereocenters. The number of benzene rings is 1. The molecule has 0 heterocycles. The summed E-state index contributed by atoms with van der Waals surface area (Å²) in [5.41, 5.74) is 3.62. The van der Waals surface area contributed by atoms with Gasteiger partial charge in [0, 0.05) is 5.56 Å². The van der Waals surface area contributed by atoms with Gasteiger partial charge in [-0.2, -0.15) is 0 Å². The monoisotopic (exact) mass is 236 g/mol. The summed E-state index contributed by atoms with van der Waals surface area (Å²) in [5.74, 6) is 2.82. The third kappa shape index (κ3) is 2.56. The summed E-state index contributed by atoms with van der Waals surface area (Å²) in [5, 5.41) is 0. The van der Waals surface area contributed by atoms with E-state index in [1.54, 1.807) is 14.2 Å². The first-order valence-electron chi connectivity index (χ1n) is 6.19. The Morgan fingerprint density at radius 3 is 1.41 bits per heavy atom. The maximum atomic E-state index is 5.53. The van der Waals surface area contributed by atoms with Gasteiger partial charge in [-0.05, 0) is 36.0 Å². The van der Waals surface area contributed by atoms with Gasteiger partial charge in [-0.3, -0.25) is 0 Å². The Hall–Kier alpha value is -1.18. The van der Waals surface area contributed by atoms with Crippen molar-refractivity contribution in [2.45, 2.75) is 46.5 Å². The summed E-state index contributed by atoms with van der Waals surface area (Å²) in [6.07, 6.45) is 0. The van der Waals surface area contributed by atoms with Crippen molar-refractivity contribution in [1.82, 2.24) is 0 Å². The molecule has 0 aromatic heterocycles. The van der Waals surface area contributed by atoms with Gasteiger partial charge >= 0.3 is 0 Å². The van der Waals surface area contributed by atoms with Gasteiger partial charge < -0.3 is 9.47 Å². The Morgan fingerprint density at radius 1 is 0.824 bits per heavy atom. The fraction of sp³-hybridized carbons (Fsp3) is 0.600. The Morgan fingerprint density at radius 2 is 1.18 bits per heavy atom. The molecule has 0 fully saturated rings. The molecule has 0 unspecified atom stereocenters. The fourth-order valence-electron chi connectivity index (χ4n) is 2.23. The Kier molecular flexibility index (Phi) is 4.44. The zero-order valence-electron chi connectivity index (χ0n) is 12.0. The van der Waals surface area contributed by atoms with Gasteiger partial charge in [0.05, 0.1) is 14.2 Å². The highest BCUT2D eigenvalue weighted by Gasteiger charge is 2.19. The molecule has 0 radical (unpaired) electrons. The predicted molar refractivity (Wildman–Crippen MR) is 72.5 cm³/mol. The molecule has 0 aliphatic rings. The van der Waals surface area contributed by atoms with Crippen LogP contribution in [-0.4, -0.2) is 14.2 Å². The van der Waals surface area contributed by atoms with Gasteiger partial charge in [0.1, 0.15) is 11.5 Å². The third-order valence-corrected chi connectivity index (χ3v) is 3.17. The second-order valence-electron chi connectivity index (χ2n) is 5.06. The first-order chi connectivity index (χ1) is 7.93. The van der Waals surface area contributed by atoms with Gasteiger partial charge in [-0.15, -0.1) is 0 Å². The van der Waals surface area contributed by atoms with Gasteiger partial charge in [0.2, 0.25) is 0 Å². The minimum Gasteiger partial charge on any atom is -0.496 e. The topological polar surface area (TPSA) is 18.5 Å². The molecular weight excluding hydrogens is 212 g/mol. The number of hydrogen-bond donors (Lipinski definition) is 0. The molecule has 0 saturated heterocycles. The molecule has 2 nitrogen and oxygen atoms in total. The van der Waals surface area contributed by atoms with E-state index in [9.17, 15) is 0 Å². The fourth-order valence-corrected chi connectivity index (χ4v) is 2.23. The molecule has 0 N–H and O–H groups in total. The van der Waals surface area contributed by atoms with Crippen molar-refractivity contribution in [3.63, 3.8) is 0 Å². The minimum absolute atomic E-state index is 0.451. The molecule has 17 heavy (non-hydrogen) atoms. The molecule has 0 amide bonds. The van der Waals surface area contributed by atoms with Crippen LogP contribution >= 0.6 is 0 Å². The smallest absolute Gasteiger partial charge is 0.128 e. The van der Waals surface area contributed by atoms with Gasteiger partial charge in [0.15, 0.2) is 0 Å². The molecule has 0 bridgehead atoms. The average Bonchev–Trinajstić information content (AvgIpc) is 2.27. The van der Waals surface area contributed by atoms with Crippen LogP contribution in [0.15, 0.2) is 6.07 Å². The number of rotatable bonds is 4. The summed E-state index contributed by atoms with van der Waals surface area (Å²) >= 11 is 0. The van der Waals surface area contributed by atoms with Crippen LogP contribution in [0.3, 0.4) is 0 Å². The third-order valence-electron chi connectivity index (χ3n) is 3.17. The Bertz CT molecular complexity index is 358. The van der Waals surface area contributed by atoms with Crippen molar-refractivity contribution in [3.8, 4) is 11.5 Å². The highest BCUT2D eigenvalue weighted by Crippen LogP contribution is 2.40. The summed E-state index contributed by atoms with van der Waals surface area (Å²) in [6, 6.07) is 2.22. The Balaban J connectivity index is 3.54. The van der Waals surface area contributed by atoms with Crippen LogP contribution in [0.1, 0.15) is 56.2 Å². The van der Waals surface area contributed by atoms with E-state index in [2.05, 4.69) is 40.7 Å². The van der Waals surface area contributed by atoms with E-state index in [4.69, 9.17) is 9.47 Å². The lowest BCUT2D eigenvalue weighted by Gasteiger charge is -2.21. The lowest BCUT2D eigenvalue weighted by Crippen LogP contribution is -2.04. The highest BCUT2D eigenvalue weighted by atomic mass is 16.5. The molecule has 0 saturated carbocycles. The summed E-state index contributed by atoms with van der Waals surface area (Å²) < 4.78 is 11.1. The molecule has 2 heteroatoms. The molecule has 0 aliphatic carbocycles. The van der Waals surface area contributed by atoms with E-state index in [1.807, 2.05) is 0 Å². The molecule has 1 aromatic rings. The van der Waals surface area contributed by atoms with Crippen LogP contribution in [0.2, 0.25) is 0 Å². The predicted octanol–water partition coefficient (Wildman–Crippen LogP) is 4.26. The second kappa shape index (κ2) is 5.44. The molecule has 1 rings (SSSR count). The first kappa shape index (κ1) is 13.9. The summed E-state index contributed by atoms with van der Waals surface area (Å²) in [7, 11) is 3.45. The van der Waals surface area contributed by atoms with E-state index in [-0.39, 0.29) is 0 Å². The summed E-state index contributed by atoms with van der Waals surface area (Å²) in [4.78, 5) is 0. The van der Waals surface area contributed by atoms with Crippen molar-refractivity contribution in [2.24, 2.45) is 0 Å². The Labute approximate surface area is 105 Å². The van der Waals surface area contributed by atoms with Crippen LogP contribution in [0.25, 0.3) is 0 Å². The van der Waals surface area contributed by atoms with Gasteiger partial charge in [-0.1, -0.05) is 27.7 Å². The lowest BCUT2D eigenvalue weighted by molar-refractivity contribution is 0.379. The molecular formula is C15H24O2.